The summed E-state index contributed by atoms with van der Waals surface area (Å²) in [5.41, 5.74) is 0.0860. The van der Waals surface area contributed by atoms with Gasteiger partial charge in [-0.1, -0.05) is 20.8 Å². The lowest BCUT2D eigenvalue weighted by molar-refractivity contribution is -0.159. The number of nitrogens with zero attached hydrogens (tertiary/aromatic N) is 3. The number of carboxylic acid groups (broad SMARTS) is 2. The summed E-state index contributed by atoms with van der Waals surface area (Å²) < 4.78 is 4.56. The normalized spacial score (nSPS) is 26.3. The SMILES string of the molecule is CC(C)(C)c1nsc(C2CN3CCC2CC3)n1.O=C(O)C(=O)O. The third kappa shape index (κ3) is 4.48. The number of hydrogen-bond donors (Lipinski definition) is 2. The number of rotatable bonds is 1. The molecule has 7 nitrogen and oxygen atoms in total. The lowest BCUT2D eigenvalue weighted by atomic mass is 9.79. The van der Waals surface area contributed by atoms with Crippen LogP contribution in [0.5, 0.6) is 0 Å². The van der Waals surface area contributed by atoms with Gasteiger partial charge in [0.1, 0.15) is 10.8 Å². The molecule has 3 saturated heterocycles. The van der Waals surface area contributed by atoms with Gasteiger partial charge < -0.3 is 15.1 Å². The summed E-state index contributed by atoms with van der Waals surface area (Å²) in [6.45, 7) is 10.4. The van der Waals surface area contributed by atoms with E-state index in [1.807, 2.05) is 0 Å². The molecule has 0 aliphatic carbocycles. The van der Waals surface area contributed by atoms with E-state index >= 15 is 0 Å². The number of aliphatic carboxylic acids is 2. The molecule has 4 heterocycles. The van der Waals surface area contributed by atoms with E-state index < -0.39 is 11.9 Å². The average Bonchev–Trinajstić information content (AvgIpc) is 2.99. The second-order valence-corrected chi connectivity index (χ2v) is 7.84. The lowest BCUT2D eigenvalue weighted by Gasteiger charge is -2.43. The number of aromatic nitrogens is 2. The average molecular weight is 341 g/mol. The molecule has 128 valence electrons. The van der Waals surface area contributed by atoms with Crippen LogP contribution in [0.3, 0.4) is 0 Å². The van der Waals surface area contributed by atoms with E-state index in [2.05, 4.69) is 30.0 Å². The highest BCUT2D eigenvalue weighted by Crippen LogP contribution is 2.40. The lowest BCUT2D eigenvalue weighted by Crippen LogP contribution is -2.46. The molecule has 1 aromatic heterocycles. The van der Waals surface area contributed by atoms with Gasteiger partial charge in [-0.05, 0) is 43.4 Å². The van der Waals surface area contributed by atoms with Crippen molar-refractivity contribution in [2.75, 3.05) is 19.6 Å². The van der Waals surface area contributed by atoms with Crippen molar-refractivity contribution in [2.45, 2.75) is 44.9 Å². The molecule has 2 N–H and O–H groups in total. The summed E-state index contributed by atoms with van der Waals surface area (Å²) in [6.07, 6.45) is 2.71. The Balaban J connectivity index is 0.000000277. The van der Waals surface area contributed by atoms with Crippen LogP contribution in [0.25, 0.3) is 0 Å². The second kappa shape index (κ2) is 6.92. The zero-order chi connectivity index (χ0) is 17.2. The van der Waals surface area contributed by atoms with Crippen LogP contribution in [-0.2, 0) is 15.0 Å². The summed E-state index contributed by atoms with van der Waals surface area (Å²) in [5.74, 6) is -1.11. The molecule has 3 fully saturated rings. The second-order valence-electron chi connectivity index (χ2n) is 7.06. The predicted octanol–water partition coefficient (Wildman–Crippen LogP) is 1.80. The van der Waals surface area contributed by atoms with Crippen molar-refractivity contribution in [1.29, 1.82) is 0 Å². The van der Waals surface area contributed by atoms with E-state index in [1.165, 1.54) is 37.5 Å². The van der Waals surface area contributed by atoms with Crippen LogP contribution < -0.4 is 0 Å². The smallest absolute Gasteiger partial charge is 0.414 e. The van der Waals surface area contributed by atoms with Crippen LogP contribution in [0.1, 0.15) is 50.4 Å². The van der Waals surface area contributed by atoms with Crippen molar-refractivity contribution in [1.82, 2.24) is 14.3 Å². The summed E-state index contributed by atoms with van der Waals surface area (Å²) in [5, 5.41) is 16.1. The van der Waals surface area contributed by atoms with Gasteiger partial charge in [-0.2, -0.15) is 4.37 Å². The molecule has 0 spiro atoms. The molecule has 0 saturated carbocycles. The molecule has 1 unspecified atom stereocenters. The first kappa shape index (κ1) is 17.8. The summed E-state index contributed by atoms with van der Waals surface area (Å²) >= 11 is 1.63. The summed E-state index contributed by atoms with van der Waals surface area (Å²) in [7, 11) is 0. The highest BCUT2D eigenvalue weighted by Gasteiger charge is 2.37. The Kier molecular flexibility index (Phi) is 5.36. The molecule has 2 bridgehead atoms. The number of fused-ring (bicyclic) bond motifs is 3. The maximum absolute atomic E-state index is 9.10. The van der Waals surface area contributed by atoms with E-state index in [9.17, 15) is 0 Å². The molecule has 8 heteroatoms. The molecular formula is C15H23N3O4S. The third-order valence-corrected chi connectivity index (χ3v) is 5.11. The molecule has 1 atom stereocenters. The van der Waals surface area contributed by atoms with Gasteiger partial charge in [-0.3, -0.25) is 0 Å². The predicted molar refractivity (Wildman–Crippen MR) is 85.8 cm³/mol. The van der Waals surface area contributed by atoms with Crippen molar-refractivity contribution in [3.63, 3.8) is 0 Å². The van der Waals surface area contributed by atoms with Crippen LogP contribution in [0, 0.1) is 5.92 Å². The van der Waals surface area contributed by atoms with E-state index in [1.54, 1.807) is 11.5 Å². The summed E-state index contributed by atoms with van der Waals surface area (Å²) in [4.78, 5) is 25.6. The van der Waals surface area contributed by atoms with Gasteiger partial charge in [0, 0.05) is 17.9 Å². The molecule has 0 amide bonds. The third-order valence-electron chi connectivity index (χ3n) is 4.27. The number of hydrogen-bond acceptors (Lipinski definition) is 6. The first-order valence-electron chi connectivity index (χ1n) is 7.71. The van der Waals surface area contributed by atoms with E-state index in [0.29, 0.717) is 5.92 Å². The Morgan fingerprint density at radius 1 is 1.17 bits per heavy atom. The van der Waals surface area contributed by atoms with Crippen LogP contribution in [-0.4, -0.2) is 56.0 Å². The van der Waals surface area contributed by atoms with E-state index in [0.717, 1.165) is 11.7 Å². The van der Waals surface area contributed by atoms with Crippen LogP contribution in [0.15, 0.2) is 0 Å². The maximum Gasteiger partial charge on any atom is 0.414 e. The molecule has 1 aromatic rings. The summed E-state index contributed by atoms with van der Waals surface area (Å²) in [6, 6.07) is 0. The van der Waals surface area contributed by atoms with Gasteiger partial charge >= 0.3 is 11.9 Å². The minimum atomic E-state index is -1.82. The van der Waals surface area contributed by atoms with Crippen molar-refractivity contribution < 1.29 is 19.8 Å². The number of carbonyl (C=O) groups is 2. The van der Waals surface area contributed by atoms with Gasteiger partial charge in [-0.25, -0.2) is 14.6 Å². The first-order chi connectivity index (χ1) is 10.7. The van der Waals surface area contributed by atoms with Crippen molar-refractivity contribution in [3.8, 4) is 0 Å². The fraction of sp³-hybridized carbons (Fsp3) is 0.733. The fourth-order valence-corrected chi connectivity index (χ4v) is 3.96. The topological polar surface area (TPSA) is 104 Å². The monoisotopic (exact) mass is 341 g/mol. The van der Waals surface area contributed by atoms with Crippen LogP contribution in [0.2, 0.25) is 0 Å². The molecule has 3 aliphatic rings. The molecule has 3 aliphatic heterocycles. The maximum atomic E-state index is 9.10. The Labute approximate surface area is 139 Å². The Morgan fingerprint density at radius 2 is 1.74 bits per heavy atom. The fourth-order valence-electron chi connectivity index (χ4n) is 2.94. The molecule has 0 aromatic carbocycles. The highest BCUT2D eigenvalue weighted by atomic mass is 32.1. The first-order valence-corrected chi connectivity index (χ1v) is 8.48. The van der Waals surface area contributed by atoms with Crippen LogP contribution in [0.4, 0.5) is 0 Å². The Morgan fingerprint density at radius 3 is 2.09 bits per heavy atom. The van der Waals surface area contributed by atoms with E-state index in [4.69, 9.17) is 24.8 Å². The van der Waals surface area contributed by atoms with Gasteiger partial charge in [-0.15, -0.1) is 0 Å². The standard InChI is InChI=1S/C13H21N3S.C2H2O4/c1-13(2,3)12-14-11(17-15-12)10-8-16-6-4-9(10)5-7-16;3-1(4)2(5)6/h9-10H,4-8H2,1-3H3;(H,3,4)(H,5,6). The zero-order valence-electron chi connectivity index (χ0n) is 13.7. The Hall–Kier alpha value is -1.54. The number of piperidine rings is 3. The minimum absolute atomic E-state index is 0.0860. The molecular weight excluding hydrogens is 318 g/mol. The molecule has 4 rings (SSSR count). The van der Waals surface area contributed by atoms with Crippen LogP contribution >= 0.6 is 11.5 Å². The quantitative estimate of drug-likeness (QED) is 0.751. The van der Waals surface area contributed by atoms with Crippen molar-refractivity contribution >= 4 is 23.5 Å². The number of carboxylic acids is 2. The van der Waals surface area contributed by atoms with Crippen molar-refractivity contribution in [3.05, 3.63) is 10.8 Å². The molecule has 23 heavy (non-hydrogen) atoms. The van der Waals surface area contributed by atoms with Gasteiger partial charge in [0.15, 0.2) is 0 Å². The highest BCUT2D eigenvalue weighted by molar-refractivity contribution is 7.05. The van der Waals surface area contributed by atoms with Gasteiger partial charge in [0.05, 0.1) is 0 Å². The molecule has 0 radical (unpaired) electrons. The largest absolute Gasteiger partial charge is 0.473 e. The Bertz CT molecular complexity index is 562. The minimum Gasteiger partial charge on any atom is -0.473 e. The van der Waals surface area contributed by atoms with Gasteiger partial charge in [0.2, 0.25) is 0 Å². The van der Waals surface area contributed by atoms with E-state index in [-0.39, 0.29) is 5.41 Å². The van der Waals surface area contributed by atoms with Crippen molar-refractivity contribution in [2.24, 2.45) is 5.92 Å². The van der Waals surface area contributed by atoms with Gasteiger partial charge in [0.25, 0.3) is 0 Å². The zero-order valence-corrected chi connectivity index (χ0v) is 14.5.